The highest BCUT2D eigenvalue weighted by Crippen LogP contribution is 2.31. The lowest BCUT2D eigenvalue weighted by Gasteiger charge is -2.27. The van der Waals surface area contributed by atoms with Gasteiger partial charge >= 0.3 is 0 Å². The predicted octanol–water partition coefficient (Wildman–Crippen LogP) is 2.62. The van der Waals surface area contributed by atoms with E-state index in [-0.39, 0.29) is 10.9 Å². The molecule has 0 aromatic heterocycles. The lowest BCUT2D eigenvalue weighted by atomic mass is 10.1. The molecule has 0 amide bonds. The van der Waals surface area contributed by atoms with Gasteiger partial charge in [0, 0.05) is 18.8 Å². The number of anilines is 1. The Bertz CT molecular complexity index is 579. The summed E-state index contributed by atoms with van der Waals surface area (Å²) in [7, 11) is -0.463. The Hall–Kier alpha value is -1.27. The summed E-state index contributed by atoms with van der Waals surface area (Å²) in [5.74, 6) is 0.338. The number of ether oxygens (including phenoxy) is 1. The molecule has 5 nitrogen and oxygen atoms in total. The van der Waals surface area contributed by atoms with E-state index in [2.05, 4.69) is 0 Å². The second kappa shape index (κ2) is 6.66. The first-order valence-corrected chi connectivity index (χ1v) is 8.82. The third-order valence-corrected chi connectivity index (χ3v) is 6.11. The third kappa shape index (κ3) is 3.49. The number of rotatable bonds is 4. The summed E-state index contributed by atoms with van der Waals surface area (Å²) in [6.45, 7) is 0. The Labute approximate surface area is 127 Å². The normalized spacial score (nSPS) is 17.7. The molecule has 21 heavy (non-hydrogen) atoms. The van der Waals surface area contributed by atoms with E-state index in [4.69, 9.17) is 10.5 Å². The minimum Gasteiger partial charge on any atom is -0.495 e. The van der Waals surface area contributed by atoms with Crippen LogP contribution >= 0.6 is 0 Å². The first-order valence-electron chi connectivity index (χ1n) is 7.38. The number of nitrogens with zero attached hydrogens (tertiary/aromatic N) is 1. The van der Waals surface area contributed by atoms with E-state index in [0.29, 0.717) is 11.4 Å². The maximum atomic E-state index is 12.9. The molecule has 0 atom stereocenters. The number of benzene rings is 1. The van der Waals surface area contributed by atoms with Crippen LogP contribution in [0.5, 0.6) is 5.75 Å². The molecule has 0 unspecified atom stereocenters. The zero-order valence-corrected chi connectivity index (χ0v) is 13.5. The summed E-state index contributed by atoms with van der Waals surface area (Å²) >= 11 is 0. The van der Waals surface area contributed by atoms with Crippen molar-refractivity contribution in [3.63, 3.8) is 0 Å². The number of methoxy groups -OCH3 is 1. The smallest absolute Gasteiger partial charge is 0.246 e. The molecule has 1 aliphatic carbocycles. The zero-order chi connectivity index (χ0) is 15.5. The van der Waals surface area contributed by atoms with Crippen LogP contribution in [0.3, 0.4) is 0 Å². The molecule has 1 fully saturated rings. The zero-order valence-electron chi connectivity index (χ0n) is 12.7. The van der Waals surface area contributed by atoms with Gasteiger partial charge in [-0.25, -0.2) is 8.42 Å². The average Bonchev–Trinajstić information content (AvgIpc) is 2.75. The van der Waals surface area contributed by atoms with Crippen LogP contribution in [0.4, 0.5) is 5.69 Å². The van der Waals surface area contributed by atoms with Crippen LogP contribution in [0.1, 0.15) is 38.5 Å². The average molecular weight is 312 g/mol. The van der Waals surface area contributed by atoms with E-state index < -0.39 is 10.0 Å². The van der Waals surface area contributed by atoms with Gasteiger partial charge in [-0.2, -0.15) is 4.31 Å². The molecule has 0 bridgehead atoms. The van der Waals surface area contributed by atoms with Crippen LogP contribution in [-0.4, -0.2) is 32.9 Å². The predicted molar refractivity (Wildman–Crippen MR) is 83.8 cm³/mol. The first-order chi connectivity index (χ1) is 9.96. The Morgan fingerprint density at radius 1 is 1.19 bits per heavy atom. The van der Waals surface area contributed by atoms with Gasteiger partial charge in [0.2, 0.25) is 10.0 Å². The Balaban J connectivity index is 2.34. The van der Waals surface area contributed by atoms with Gasteiger partial charge in [0.05, 0.1) is 7.11 Å². The topological polar surface area (TPSA) is 72.6 Å². The van der Waals surface area contributed by atoms with Crippen molar-refractivity contribution in [3.05, 3.63) is 18.2 Å². The fourth-order valence-corrected chi connectivity index (χ4v) is 4.47. The molecule has 2 rings (SSSR count). The van der Waals surface area contributed by atoms with Gasteiger partial charge in [-0.05, 0) is 31.0 Å². The molecule has 0 aliphatic heterocycles. The monoisotopic (exact) mass is 312 g/mol. The second-order valence-corrected chi connectivity index (χ2v) is 7.54. The highest BCUT2D eigenvalue weighted by atomic mass is 32.2. The van der Waals surface area contributed by atoms with E-state index in [1.807, 2.05) is 0 Å². The number of nitrogens with two attached hydrogens (primary N) is 1. The van der Waals surface area contributed by atoms with Crippen molar-refractivity contribution in [1.82, 2.24) is 4.31 Å². The Kier molecular flexibility index (Phi) is 5.11. The Morgan fingerprint density at radius 3 is 2.38 bits per heavy atom. The van der Waals surface area contributed by atoms with Crippen LogP contribution in [-0.2, 0) is 10.0 Å². The number of hydrogen-bond donors (Lipinski definition) is 1. The van der Waals surface area contributed by atoms with E-state index in [0.717, 1.165) is 25.7 Å². The molecule has 1 aliphatic rings. The number of sulfonamides is 1. The summed E-state index contributed by atoms with van der Waals surface area (Å²) < 4.78 is 32.4. The molecule has 1 aromatic carbocycles. The lowest BCUT2D eigenvalue weighted by molar-refractivity contribution is 0.332. The van der Waals surface area contributed by atoms with E-state index in [1.54, 1.807) is 19.2 Å². The minimum absolute atomic E-state index is 0.0589. The largest absolute Gasteiger partial charge is 0.495 e. The van der Waals surface area contributed by atoms with Gasteiger partial charge in [0.1, 0.15) is 10.6 Å². The van der Waals surface area contributed by atoms with Crippen molar-refractivity contribution >= 4 is 15.7 Å². The van der Waals surface area contributed by atoms with Crippen LogP contribution in [0.15, 0.2) is 23.1 Å². The maximum Gasteiger partial charge on any atom is 0.246 e. The summed E-state index contributed by atoms with van der Waals surface area (Å²) in [5.41, 5.74) is 6.16. The van der Waals surface area contributed by atoms with Crippen molar-refractivity contribution < 1.29 is 13.2 Å². The van der Waals surface area contributed by atoms with E-state index >= 15 is 0 Å². The van der Waals surface area contributed by atoms with E-state index in [1.165, 1.54) is 30.3 Å². The van der Waals surface area contributed by atoms with Crippen molar-refractivity contribution in [3.8, 4) is 5.75 Å². The van der Waals surface area contributed by atoms with Crippen LogP contribution in [0.25, 0.3) is 0 Å². The van der Waals surface area contributed by atoms with Crippen LogP contribution < -0.4 is 10.5 Å². The molecule has 0 heterocycles. The summed E-state index contributed by atoms with van der Waals surface area (Å²) in [5, 5.41) is 0. The molecule has 1 aromatic rings. The minimum atomic E-state index is -3.59. The molecule has 0 radical (unpaired) electrons. The van der Waals surface area contributed by atoms with Crippen molar-refractivity contribution in [2.75, 3.05) is 19.9 Å². The molecule has 0 saturated heterocycles. The van der Waals surface area contributed by atoms with Gasteiger partial charge in [-0.3, -0.25) is 0 Å². The molecule has 0 spiro atoms. The SMILES string of the molecule is COc1ccc(N)cc1S(=O)(=O)N(C)C1CCCCCC1. The van der Waals surface area contributed by atoms with Gasteiger partial charge in [0.25, 0.3) is 0 Å². The number of hydrogen-bond acceptors (Lipinski definition) is 4. The molecular formula is C15H24N2O3S. The van der Waals surface area contributed by atoms with E-state index in [9.17, 15) is 8.42 Å². The van der Waals surface area contributed by atoms with Gasteiger partial charge in [0.15, 0.2) is 0 Å². The molecule has 6 heteroatoms. The number of nitrogen functional groups attached to an aromatic ring is 1. The lowest BCUT2D eigenvalue weighted by Crippen LogP contribution is -2.36. The molecule has 1 saturated carbocycles. The fraction of sp³-hybridized carbons (Fsp3) is 0.600. The van der Waals surface area contributed by atoms with Crippen LogP contribution in [0.2, 0.25) is 0 Å². The quantitative estimate of drug-likeness (QED) is 0.685. The highest BCUT2D eigenvalue weighted by molar-refractivity contribution is 7.89. The van der Waals surface area contributed by atoms with Gasteiger partial charge in [-0.1, -0.05) is 25.7 Å². The second-order valence-electron chi connectivity index (χ2n) is 5.58. The molecular weight excluding hydrogens is 288 g/mol. The van der Waals surface area contributed by atoms with Gasteiger partial charge in [-0.15, -0.1) is 0 Å². The summed E-state index contributed by atoms with van der Waals surface area (Å²) in [6.07, 6.45) is 6.37. The van der Waals surface area contributed by atoms with Crippen molar-refractivity contribution in [1.29, 1.82) is 0 Å². The van der Waals surface area contributed by atoms with Crippen LogP contribution in [0, 0.1) is 0 Å². The summed E-state index contributed by atoms with van der Waals surface area (Å²) in [6, 6.07) is 4.78. The van der Waals surface area contributed by atoms with Crippen molar-refractivity contribution in [2.24, 2.45) is 0 Å². The highest BCUT2D eigenvalue weighted by Gasteiger charge is 2.30. The first kappa shape index (κ1) is 16.1. The van der Waals surface area contributed by atoms with Crippen molar-refractivity contribution in [2.45, 2.75) is 49.5 Å². The van der Waals surface area contributed by atoms with Gasteiger partial charge < -0.3 is 10.5 Å². The molecule has 118 valence electrons. The Morgan fingerprint density at radius 2 is 1.81 bits per heavy atom. The molecule has 2 N–H and O–H groups in total. The maximum absolute atomic E-state index is 12.9. The third-order valence-electron chi connectivity index (χ3n) is 4.18. The fourth-order valence-electron chi connectivity index (χ4n) is 2.87. The standard InChI is InChI=1S/C15H24N2O3S/c1-17(13-7-5-3-4-6-8-13)21(18,19)15-11-12(16)9-10-14(15)20-2/h9-11,13H,3-8,16H2,1-2H3. The summed E-state index contributed by atoms with van der Waals surface area (Å²) in [4.78, 5) is 0.150.